The first-order valence-corrected chi connectivity index (χ1v) is 6.27. The van der Waals surface area contributed by atoms with Crippen molar-refractivity contribution in [1.29, 1.82) is 0 Å². The molecule has 0 bridgehead atoms. The molecule has 0 aromatic heterocycles. The van der Waals surface area contributed by atoms with Gasteiger partial charge in [0, 0.05) is 5.92 Å². The first-order chi connectivity index (χ1) is 8.45. The van der Waals surface area contributed by atoms with Crippen molar-refractivity contribution in [2.75, 3.05) is 19.8 Å². The topological polar surface area (TPSA) is 74.5 Å². The molecule has 1 atom stereocenters. The number of oxime groups is 1. The molecule has 100 valence electrons. The van der Waals surface area contributed by atoms with Gasteiger partial charge in [0.2, 0.25) is 0 Å². The highest BCUT2D eigenvalue weighted by Gasteiger charge is 2.52. The first kappa shape index (κ1) is 13.6. The fourth-order valence-corrected chi connectivity index (χ4v) is 2.04. The van der Waals surface area contributed by atoms with Crippen LogP contribution in [0.4, 0.5) is 0 Å². The van der Waals surface area contributed by atoms with E-state index in [1.165, 1.54) is 0 Å². The lowest BCUT2D eigenvalue weighted by molar-refractivity contribution is -0.123. The maximum Gasteiger partial charge on any atom is 0.298 e. The Morgan fingerprint density at radius 3 is 2.89 bits per heavy atom. The summed E-state index contributed by atoms with van der Waals surface area (Å²) in [7, 11) is 0. The van der Waals surface area contributed by atoms with E-state index in [9.17, 15) is 4.79 Å². The number of aliphatic hydroxyl groups is 1. The average molecular weight is 294 g/mol. The van der Waals surface area contributed by atoms with Gasteiger partial charge in [-0.15, -0.1) is 23.2 Å². The van der Waals surface area contributed by atoms with Crippen molar-refractivity contribution in [2.24, 2.45) is 16.2 Å². The minimum atomic E-state index is -0.716. The van der Waals surface area contributed by atoms with Gasteiger partial charge in [0.15, 0.2) is 5.71 Å². The number of halogens is 2. The van der Waals surface area contributed by atoms with E-state index in [-0.39, 0.29) is 37.3 Å². The van der Waals surface area contributed by atoms with Crippen molar-refractivity contribution < 1.29 is 14.7 Å². The van der Waals surface area contributed by atoms with Crippen LogP contribution in [0.1, 0.15) is 13.3 Å². The van der Waals surface area contributed by atoms with Crippen LogP contribution in [0.2, 0.25) is 0 Å². The zero-order chi connectivity index (χ0) is 13.3. The number of carbonyl (C=O) groups is 1. The Labute approximate surface area is 114 Å². The lowest BCUT2D eigenvalue weighted by Gasteiger charge is -2.07. The maximum atomic E-state index is 11.8. The van der Waals surface area contributed by atoms with E-state index in [0.29, 0.717) is 12.1 Å². The van der Waals surface area contributed by atoms with Crippen LogP contribution in [0.15, 0.2) is 10.3 Å². The minimum absolute atomic E-state index is 0.0486. The van der Waals surface area contributed by atoms with Crippen LogP contribution in [0.25, 0.3) is 0 Å². The summed E-state index contributed by atoms with van der Waals surface area (Å²) in [5, 5.41) is 17.6. The Hall–Kier alpha value is -0.850. The molecule has 1 saturated carbocycles. The zero-order valence-corrected chi connectivity index (χ0v) is 11.3. The van der Waals surface area contributed by atoms with Crippen LogP contribution < -0.4 is 0 Å². The van der Waals surface area contributed by atoms with Gasteiger partial charge < -0.3 is 9.94 Å². The summed E-state index contributed by atoms with van der Waals surface area (Å²) in [5.74, 6) is -0.326. The van der Waals surface area contributed by atoms with E-state index in [2.05, 4.69) is 10.3 Å². The number of amides is 1. The Morgan fingerprint density at radius 2 is 2.33 bits per heavy atom. The minimum Gasteiger partial charge on any atom is -0.395 e. The van der Waals surface area contributed by atoms with Crippen molar-refractivity contribution in [1.82, 2.24) is 5.01 Å². The zero-order valence-electron chi connectivity index (χ0n) is 9.77. The monoisotopic (exact) mass is 293 g/mol. The molecule has 1 heterocycles. The highest BCUT2D eigenvalue weighted by Crippen LogP contribution is 2.53. The van der Waals surface area contributed by atoms with E-state index in [1.54, 1.807) is 6.92 Å². The molecule has 0 aromatic carbocycles. The molecule has 2 aliphatic rings. The van der Waals surface area contributed by atoms with Crippen LogP contribution in [0, 0.1) is 5.92 Å². The molecule has 1 aliphatic carbocycles. The maximum absolute atomic E-state index is 11.8. The number of hydrogen-bond donors (Lipinski definition) is 1. The number of alkyl halides is 2. The standard InChI is InChI=1S/C10H13Cl2N3O3/c1-6-8(9(17)15(13-6)2-3-16)14-18-5-7-4-10(7,11)12/h7,16H,2-5H2,1H3. The van der Waals surface area contributed by atoms with Gasteiger partial charge in [-0.1, -0.05) is 5.16 Å². The lowest BCUT2D eigenvalue weighted by atomic mass is 10.2. The molecule has 1 N–H and O–H groups in total. The molecule has 0 spiro atoms. The summed E-state index contributed by atoms with van der Waals surface area (Å²) in [6.07, 6.45) is 0.665. The molecule has 1 fully saturated rings. The summed E-state index contributed by atoms with van der Waals surface area (Å²) < 4.78 is -0.716. The predicted octanol–water partition coefficient (Wildman–Crippen LogP) is 0.763. The molecule has 1 unspecified atom stereocenters. The Bertz CT molecular complexity index is 423. The van der Waals surface area contributed by atoms with Gasteiger partial charge in [-0.2, -0.15) is 5.10 Å². The van der Waals surface area contributed by atoms with Crippen molar-refractivity contribution in [2.45, 2.75) is 17.7 Å². The molecule has 2 rings (SSSR count). The second-order valence-corrected chi connectivity index (χ2v) is 5.78. The Kier molecular flexibility index (Phi) is 3.79. The van der Waals surface area contributed by atoms with Crippen LogP contribution >= 0.6 is 23.2 Å². The third-order valence-corrected chi connectivity index (χ3v) is 3.68. The van der Waals surface area contributed by atoms with E-state index in [0.717, 1.165) is 5.01 Å². The number of β-amino-alcohol motifs (C(OH)–C–C–N with tert-alkyl or cyclic N) is 1. The van der Waals surface area contributed by atoms with Crippen LogP contribution in [0.3, 0.4) is 0 Å². The number of hydrogen-bond acceptors (Lipinski definition) is 5. The van der Waals surface area contributed by atoms with Gasteiger partial charge in [-0.25, -0.2) is 5.01 Å². The number of carbonyl (C=O) groups excluding carboxylic acids is 1. The smallest absolute Gasteiger partial charge is 0.298 e. The summed E-state index contributed by atoms with van der Waals surface area (Å²) >= 11 is 11.7. The fourth-order valence-electron chi connectivity index (χ4n) is 1.54. The fraction of sp³-hybridized carbons (Fsp3) is 0.700. The highest BCUT2D eigenvalue weighted by molar-refractivity contribution is 6.68. The third-order valence-electron chi connectivity index (χ3n) is 2.75. The molecule has 1 amide bonds. The largest absolute Gasteiger partial charge is 0.395 e. The van der Waals surface area contributed by atoms with Gasteiger partial charge >= 0.3 is 0 Å². The average Bonchev–Trinajstić information content (AvgIpc) is 2.81. The normalized spacial score (nSPS) is 27.7. The number of rotatable bonds is 5. The predicted molar refractivity (Wildman–Crippen MR) is 67.8 cm³/mol. The summed E-state index contributed by atoms with van der Waals surface area (Å²) in [6.45, 7) is 1.92. The second kappa shape index (κ2) is 5.03. The van der Waals surface area contributed by atoms with Crippen molar-refractivity contribution in [3.05, 3.63) is 0 Å². The molecule has 18 heavy (non-hydrogen) atoms. The van der Waals surface area contributed by atoms with E-state index >= 15 is 0 Å². The molecular weight excluding hydrogens is 281 g/mol. The van der Waals surface area contributed by atoms with E-state index < -0.39 is 4.33 Å². The van der Waals surface area contributed by atoms with Gasteiger partial charge in [0.05, 0.1) is 18.9 Å². The molecule has 0 saturated heterocycles. The quantitative estimate of drug-likeness (QED) is 0.601. The lowest BCUT2D eigenvalue weighted by Crippen LogP contribution is -2.29. The molecule has 0 radical (unpaired) electrons. The summed E-state index contributed by atoms with van der Waals surface area (Å²) in [5.41, 5.74) is 0.617. The van der Waals surface area contributed by atoms with Crippen LogP contribution in [-0.2, 0) is 9.63 Å². The molecular formula is C10H13Cl2N3O3. The number of nitrogens with zero attached hydrogens (tertiary/aromatic N) is 3. The van der Waals surface area contributed by atoms with Gasteiger partial charge in [0.25, 0.3) is 5.91 Å². The van der Waals surface area contributed by atoms with E-state index in [4.69, 9.17) is 33.1 Å². The molecule has 8 heteroatoms. The van der Waals surface area contributed by atoms with Gasteiger partial charge in [-0.05, 0) is 13.3 Å². The summed E-state index contributed by atoms with van der Waals surface area (Å²) in [4.78, 5) is 16.8. The highest BCUT2D eigenvalue weighted by atomic mass is 35.5. The molecule has 0 aromatic rings. The number of hydrazone groups is 1. The first-order valence-electron chi connectivity index (χ1n) is 5.52. The third kappa shape index (κ3) is 2.76. The molecule has 1 aliphatic heterocycles. The Morgan fingerprint density at radius 1 is 1.67 bits per heavy atom. The van der Waals surface area contributed by atoms with Crippen molar-refractivity contribution >= 4 is 40.5 Å². The Balaban J connectivity index is 1.89. The van der Waals surface area contributed by atoms with Crippen molar-refractivity contribution in [3.8, 4) is 0 Å². The van der Waals surface area contributed by atoms with Crippen LogP contribution in [-0.4, -0.2) is 51.5 Å². The van der Waals surface area contributed by atoms with Crippen molar-refractivity contribution in [3.63, 3.8) is 0 Å². The van der Waals surface area contributed by atoms with E-state index in [1.807, 2.05) is 0 Å². The summed E-state index contributed by atoms with van der Waals surface area (Å²) in [6, 6.07) is 0. The van der Waals surface area contributed by atoms with Crippen LogP contribution in [0.5, 0.6) is 0 Å². The second-order valence-electron chi connectivity index (χ2n) is 4.24. The SMILES string of the molecule is CC1=NN(CCO)C(=O)C1=NOCC1CC1(Cl)Cl. The molecule has 6 nitrogen and oxygen atoms in total. The van der Waals surface area contributed by atoms with Gasteiger partial charge in [0.1, 0.15) is 10.9 Å². The van der Waals surface area contributed by atoms with Gasteiger partial charge in [-0.3, -0.25) is 4.79 Å². The number of aliphatic hydroxyl groups excluding tert-OH is 1.